The molecule has 4 nitrogen and oxygen atoms in total. The van der Waals surface area contributed by atoms with E-state index in [0.29, 0.717) is 17.6 Å². The molecule has 0 aliphatic carbocycles. The van der Waals surface area contributed by atoms with Crippen molar-refractivity contribution < 1.29 is 9.21 Å². The lowest BCUT2D eigenvalue weighted by atomic mass is 9.99. The number of fused-ring (bicyclic) bond motifs is 2. The first kappa shape index (κ1) is 11.1. The van der Waals surface area contributed by atoms with Gasteiger partial charge in [0.05, 0.1) is 11.8 Å². The van der Waals surface area contributed by atoms with Gasteiger partial charge in [-0.25, -0.2) is 0 Å². The van der Waals surface area contributed by atoms with Crippen LogP contribution in [0.4, 0.5) is 0 Å². The maximum Gasteiger partial charge on any atom is 0.256 e. The molecule has 2 bridgehead atoms. The molecule has 3 heterocycles. The summed E-state index contributed by atoms with van der Waals surface area (Å²) in [5.74, 6) is -0.130. The number of piperidine rings is 1. The van der Waals surface area contributed by atoms with Crippen molar-refractivity contribution >= 4 is 17.5 Å². The van der Waals surface area contributed by atoms with Gasteiger partial charge >= 0.3 is 0 Å². The first-order valence-corrected chi connectivity index (χ1v) is 6.40. The Morgan fingerprint density at radius 1 is 1.41 bits per heavy atom. The van der Waals surface area contributed by atoms with Gasteiger partial charge in [0, 0.05) is 18.1 Å². The van der Waals surface area contributed by atoms with Crippen LogP contribution in [0.3, 0.4) is 0 Å². The SMILES string of the molecule is O=C(NC1CC2CCC(C1)N2)c1ccoc1Cl. The van der Waals surface area contributed by atoms with E-state index < -0.39 is 0 Å². The maximum absolute atomic E-state index is 12.0. The molecular formula is C12H15ClN2O2. The van der Waals surface area contributed by atoms with Crippen molar-refractivity contribution in [3.05, 3.63) is 23.1 Å². The number of carbonyl (C=O) groups excluding carboxylic acids is 1. The second-order valence-corrected chi connectivity index (χ2v) is 5.23. The average Bonchev–Trinajstić information content (AvgIpc) is 2.85. The summed E-state index contributed by atoms with van der Waals surface area (Å²) in [6.45, 7) is 0. The quantitative estimate of drug-likeness (QED) is 0.848. The predicted octanol–water partition coefficient (Wildman–Crippen LogP) is 1.95. The van der Waals surface area contributed by atoms with Gasteiger partial charge in [0.1, 0.15) is 0 Å². The van der Waals surface area contributed by atoms with Gasteiger partial charge < -0.3 is 15.1 Å². The third kappa shape index (κ3) is 2.19. The van der Waals surface area contributed by atoms with Gasteiger partial charge in [0.25, 0.3) is 5.91 Å². The highest BCUT2D eigenvalue weighted by Gasteiger charge is 2.34. The summed E-state index contributed by atoms with van der Waals surface area (Å²) in [7, 11) is 0. The van der Waals surface area contributed by atoms with Crippen molar-refractivity contribution in [2.45, 2.75) is 43.8 Å². The number of nitrogens with one attached hydrogen (secondary N) is 2. The molecule has 2 N–H and O–H groups in total. The lowest BCUT2D eigenvalue weighted by Gasteiger charge is -2.29. The Morgan fingerprint density at radius 2 is 2.12 bits per heavy atom. The highest BCUT2D eigenvalue weighted by atomic mass is 35.5. The van der Waals surface area contributed by atoms with E-state index in [1.165, 1.54) is 19.1 Å². The number of halogens is 1. The van der Waals surface area contributed by atoms with E-state index in [0.717, 1.165) is 12.8 Å². The number of hydrogen-bond acceptors (Lipinski definition) is 3. The Hall–Kier alpha value is -1.00. The van der Waals surface area contributed by atoms with Crippen LogP contribution in [0.1, 0.15) is 36.0 Å². The van der Waals surface area contributed by atoms with Gasteiger partial charge in [-0.05, 0) is 43.4 Å². The zero-order chi connectivity index (χ0) is 11.8. The summed E-state index contributed by atoms with van der Waals surface area (Å²) >= 11 is 5.78. The molecular weight excluding hydrogens is 240 g/mol. The molecule has 3 rings (SSSR count). The summed E-state index contributed by atoms with van der Waals surface area (Å²) < 4.78 is 4.92. The molecule has 17 heavy (non-hydrogen) atoms. The normalized spacial score (nSPS) is 31.5. The first-order valence-electron chi connectivity index (χ1n) is 6.02. The monoisotopic (exact) mass is 254 g/mol. The summed E-state index contributed by atoms with van der Waals surface area (Å²) in [6.07, 6.45) is 5.91. The predicted molar refractivity (Wildman–Crippen MR) is 64.2 cm³/mol. The van der Waals surface area contributed by atoms with Crippen LogP contribution in [0.25, 0.3) is 0 Å². The van der Waals surface area contributed by atoms with Crippen molar-refractivity contribution in [3.8, 4) is 0 Å². The van der Waals surface area contributed by atoms with Crippen LogP contribution in [-0.4, -0.2) is 24.0 Å². The molecule has 1 aromatic rings. The van der Waals surface area contributed by atoms with Crippen molar-refractivity contribution in [3.63, 3.8) is 0 Å². The van der Waals surface area contributed by atoms with Crippen molar-refractivity contribution in [2.24, 2.45) is 0 Å². The Bertz CT molecular complexity index is 420. The zero-order valence-electron chi connectivity index (χ0n) is 9.41. The number of carbonyl (C=O) groups is 1. The van der Waals surface area contributed by atoms with Gasteiger partial charge in [-0.2, -0.15) is 0 Å². The van der Waals surface area contributed by atoms with E-state index in [1.54, 1.807) is 6.07 Å². The van der Waals surface area contributed by atoms with Crippen molar-refractivity contribution in [1.29, 1.82) is 0 Å². The van der Waals surface area contributed by atoms with Gasteiger partial charge in [-0.1, -0.05) is 0 Å². The second kappa shape index (κ2) is 4.35. The molecule has 2 aliphatic rings. The van der Waals surface area contributed by atoms with Crippen LogP contribution in [-0.2, 0) is 0 Å². The second-order valence-electron chi connectivity index (χ2n) is 4.89. The van der Waals surface area contributed by atoms with E-state index in [4.69, 9.17) is 16.0 Å². The molecule has 1 amide bonds. The van der Waals surface area contributed by atoms with Crippen LogP contribution in [0.15, 0.2) is 16.7 Å². The standard InChI is InChI=1S/C12H15ClN2O2/c13-11-10(3-4-17-11)12(16)15-9-5-7-1-2-8(6-9)14-7/h3-4,7-9,14H,1-2,5-6H2,(H,15,16). The fourth-order valence-electron chi connectivity index (χ4n) is 2.89. The molecule has 2 aliphatic heterocycles. The molecule has 2 atom stereocenters. The highest BCUT2D eigenvalue weighted by Crippen LogP contribution is 2.27. The third-order valence-electron chi connectivity index (χ3n) is 3.67. The van der Waals surface area contributed by atoms with E-state index in [9.17, 15) is 4.79 Å². The van der Waals surface area contributed by atoms with Gasteiger partial charge in [0.15, 0.2) is 0 Å². The summed E-state index contributed by atoms with van der Waals surface area (Å²) in [5, 5.41) is 6.75. The lowest BCUT2D eigenvalue weighted by Crippen LogP contribution is -2.48. The average molecular weight is 255 g/mol. The summed E-state index contributed by atoms with van der Waals surface area (Å²) in [4.78, 5) is 12.0. The largest absolute Gasteiger partial charge is 0.452 e. The van der Waals surface area contributed by atoms with Crippen LogP contribution < -0.4 is 10.6 Å². The van der Waals surface area contributed by atoms with Gasteiger partial charge in [-0.3, -0.25) is 4.79 Å². The molecule has 0 radical (unpaired) electrons. The Kier molecular flexibility index (Phi) is 2.84. The highest BCUT2D eigenvalue weighted by molar-refractivity contribution is 6.32. The van der Waals surface area contributed by atoms with Crippen LogP contribution >= 0.6 is 11.6 Å². The molecule has 1 aromatic heterocycles. The molecule has 2 saturated heterocycles. The number of rotatable bonds is 2. The molecule has 92 valence electrons. The van der Waals surface area contributed by atoms with Gasteiger partial charge in [0.2, 0.25) is 5.22 Å². The lowest BCUT2D eigenvalue weighted by molar-refractivity contribution is 0.0923. The Balaban J connectivity index is 1.64. The maximum atomic E-state index is 12.0. The molecule has 0 aromatic carbocycles. The smallest absolute Gasteiger partial charge is 0.256 e. The third-order valence-corrected chi connectivity index (χ3v) is 3.96. The number of furan rings is 1. The number of hydrogen-bond donors (Lipinski definition) is 2. The molecule has 0 saturated carbocycles. The minimum absolute atomic E-state index is 0.130. The first-order chi connectivity index (χ1) is 8.22. The van der Waals surface area contributed by atoms with Crippen LogP contribution in [0.2, 0.25) is 5.22 Å². The van der Waals surface area contributed by atoms with Crippen molar-refractivity contribution in [1.82, 2.24) is 10.6 Å². The van der Waals surface area contributed by atoms with E-state index in [-0.39, 0.29) is 17.2 Å². The zero-order valence-corrected chi connectivity index (χ0v) is 10.2. The Labute approximate surface area is 105 Å². The minimum atomic E-state index is -0.130. The van der Waals surface area contributed by atoms with E-state index in [2.05, 4.69) is 10.6 Å². The van der Waals surface area contributed by atoms with Crippen molar-refractivity contribution in [2.75, 3.05) is 0 Å². The topological polar surface area (TPSA) is 54.3 Å². The fourth-order valence-corrected chi connectivity index (χ4v) is 3.09. The molecule has 0 spiro atoms. The van der Waals surface area contributed by atoms with E-state index >= 15 is 0 Å². The number of amides is 1. The van der Waals surface area contributed by atoms with Crippen LogP contribution in [0.5, 0.6) is 0 Å². The summed E-state index contributed by atoms with van der Waals surface area (Å²) in [5.41, 5.74) is 0.428. The molecule has 2 unspecified atom stereocenters. The fraction of sp³-hybridized carbons (Fsp3) is 0.583. The van der Waals surface area contributed by atoms with E-state index in [1.807, 2.05) is 0 Å². The summed E-state index contributed by atoms with van der Waals surface area (Å²) in [6, 6.07) is 3.00. The molecule has 2 fully saturated rings. The molecule has 5 heteroatoms. The van der Waals surface area contributed by atoms with Gasteiger partial charge in [-0.15, -0.1) is 0 Å². The minimum Gasteiger partial charge on any atom is -0.452 e. The van der Waals surface area contributed by atoms with Crippen LogP contribution in [0, 0.1) is 0 Å². The Morgan fingerprint density at radius 3 is 2.71 bits per heavy atom.